The molecule has 1 aromatic heterocycles. The van der Waals surface area contributed by atoms with E-state index in [4.69, 9.17) is 0 Å². The van der Waals surface area contributed by atoms with E-state index >= 15 is 0 Å². The van der Waals surface area contributed by atoms with Crippen molar-refractivity contribution in [2.45, 2.75) is 19.3 Å². The Bertz CT molecular complexity index is 945. The number of hydrogen-bond donors (Lipinski definition) is 3. The molecular formula is C18H16N4O2. The first kappa shape index (κ1) is 14.4. The van der Waals surface area contributed by atoms with Crippen molar-refractivity contribution in [2.75, 3.05) is 0 Å². The monoisotopic (exact) mass is 320 g/mol. The number of aryl methyl sites for hydroxylation is 2. The minimum Gasteiger partial charge on any atom is -0.277 e. The van der Waals surface area contributed by atoms with Gasteiger partial charge in [-0.25, -0.2) is 0 Å². The summed E-state index contributed by atoms with van der Waals surface area (Å²) in [4.78, 5) is 24.5. The maximum atomic E-state index is 12.2. The molecule has 6 heteroatoms. The van der Waals surface area contributed by atoms with Crippen LogP contribution >= 0.6 is 0 Å². The Morgan fingerprint density at radius 3 is 2.67 bits per heavy atom. The summed E-state index contributed by atoms with van der Waals surface area (Å²) < 4.78 is 0. The van der Waals surface area contributed by atoms with Crippen LogP contribution in [0.4, 0.5) is 0 Å². The highest BCUT2D eigenvalue weighted by molar-refractivity contribution is 6.05. The van der Waals surface area contributed by atoms with Gasteiger partial charge in [-0.05, 0) is 48.6 Å². The number of nitrogens with one attached hydrogen (secondary N) is 3. The number of rotatable bonds is 2. The Balaban J connectivity index is 1.46. The van der Waals surface area contributed by atoms with Crippen molar-refractivity contribution in [3.05, 3.63) is 64.8 Å². The maximum Gasteiger partial charge on any atom is 0.290 e. The first-order chi connectivity index (χ1) is 11.7. The summed E-state index contributed by atoms with van der Waals surface area (Å²) in [6, 6.07) is 13.0. The molecule has 0 bridgehead atoms. The molecule has 1 aliphatic rings. The van der Waals surface area contributed by atoms with Crippen LogP contribution in [-0.2, 0) is 12.8 Å². The number of para-hydroxylation sites is 1. The number of carbonyl (C=O) groups excluding carboxylic acids is 2. The highest BCUT2D eigenvalue weighted by Gasteiger charge is 2.16. The number of hydrazine groups is 1. The number of aromatic nitrogens is 2. The average molecular weight is 320 g/mol. The highest BCUT2D eigenvalue weighted by atomic mass is 16.2. The van der Waals surface area contributed by atoms with Crippen LogP contribution in [0.2, 0.25) is 0 Å². The number of carbonyl (C=O) groups is 2. The van der Waals surface area contributed by atoms with Crippen LogP contribution in [-0.4, -0.2) is 22.0 Å². The van der Waals surface area contributed by atoms with Crippen molar-refractivity contribution in [3.63, 3.8) is 0 Å². The summed E-state index contributed by atoms with van der Waals surface area (Å²) in [6.45, 7) is 0. The van der Waals surface area contributed by atoms with Gasteiger partial charge in [-0.2, -0.15) is 5.10 Å². The van der Waals surface area contributed by atoms with Gasteiger partial charge in [0.1, 0.15) is 0 Å². The number of fused-ring (bicyclic) bond motifs is 2. The third-order valence-electron chi connectivity index (χ3n) is 4.34. The Hall–Kier alpha value is -3.15. The molecule has 0 unspecified atom stereocenters. The molecule has 2 amide bonds. The second-order valence-corrected chi connectivity index (χ2v) is 5.86. The Labute approximate surface area is 138 Å². The van der Waals surface area contributed by atoms with Crippen LogP contribution in [0.5, 0.6) is 0 Å². The molecular weight excluding hydrogens is 304 g/mol. The van der Waals surface area contributed by atoms with Crippen molar-refractivity contribution >= 4 is 22.7 Å². The molecule has 0 radical (unpaired) electrons. The molecule has 1 aliphatic carbocycles. The summed E-state index contributed by atoms with van der Waals surface area (Å²) in [7, 11) is 0. The van der Waals surface area contributed by atoms with Crippen LogP contribution in [0.3, 0.4) is 0 Å². The highest BCUT2D eigenvalue weighted by Crippen LogP contribution is 2.22. The first-order valence-electron chi connectivity index (χ1n) is 7.88. The van der Waals surface area contributed by atoms with Gasteiger partial charge < -0.3 is 0 Å². The van der Waals surface area contributed by atoms with E-state index in [0.717, 1.165) is 24.8 Å². The summed E-state index contributed by atoms with van der Waals surface area (Å²) >= 11 is 0. The van der Waals surface area contributed by atoms with Crippen LogP contribution in [0, 0.1) is 0 Å². The number of benzene rings is 2. The largest absolute Gasteiger partial charge is 0.290 e. The topological polar surface area (TPSA) is 86.9 Å². The molecule has 0 saturated heterocycles. The molecule has 0 spiro atoms. The molecule has 0 atom stereocenters. The SMILES string of the molecule is O=C(NNC(=O)c1n[nH]c2ccccc12)c1ccc2c(c1)CCC2. The maximum absolute atomic E-state index is 12.2. The van der Waals surface area contributed by atoms with Crippen LogP contribution in [0.25, 0.3) is 10.9 Å². The minimum atomic E-state index is -0.457. The summed E-state index contributed by atoms with van der Waals surface area (Å²) in [6.07, 6.45) is 3.20. The van der Waals surface area contributed by atoms with Crippen LogP contribution < -0.4 is 10.9 Å². The van der Waals surface area contributed by atoms with E-state index in [1.807, 2.05) is 30.3 Å². The second kappa shape index (κ2) is 5.81. The van der Waals surface area contributed by atoms with Crippen molar-refractivity contribution in [3.8, 4) is 0 Å². The van der Waals surface area contributed by atoms with Gasteiger partial charge in [0.25, 0.3) is 11.8 Å². The minimum absolute atomic E-state index is 0.250. The molecule has 24 heavy (non-hydrogen) atoms. The van der Waals surface area contributed by atoms with E-state index in [2.05, 4.69) is 21.0 Å². The van der Waals surface area contributed by atoms with Gasteiger partial charge in [0, 0.05) is 10.9 Å². The zero-order chi connectivity index (χ0) is 16.5. The Morgan fingerprint density at radius 1 is 0.958 bits per heavy atom. The van der Waals surface area contributed by atoms with Gasteiger partial charge in [0.15, 0.2) is 5.69 Å². The Morgan fingerprint density at radius 2 is 1.75 bits per heavy atom. The number of nitrogens with zero attached hydrogens (tertiary/aromatic N) is 1. The first-order valence-corrected chi connectivity index (χ1v) is 7.88. The molecule has 6 nitrogen and oxygen atoms in total. The van der Waals surface area contributed by atoms with Crippen LogP contribution in [0.15, 0.2) is 42.5 Å². The molecule has 0 fully saturated rings. The average Bonchev–Trinajstić information content (AvgIpc) is 3.25. The van der Waals surface area contributed by atoms with E-state index in [9.17, 15) is 9.59 Å². The summed E-state index contributed by atoms with van der Waals surface area (Å²) in [5.74, 6) is -0.792. The molecule has 0 aliphatic heterocycles. The molecule has 0 saturated carbocycles. The zero-order valence-electron chi connectivity index (χ0n) is 12.9. The second-order valence-electron chi connectivity index (χ2n) is 5.86. The predicted octanol–water partition coefficient (Wildman–Crippen LogP) is 2.13. The number of hydrogen-bond acceptors (Lipinski definition) is 3. The fraction of sp³-hybridized carbons (Fsp3) is 0.167. The van der Waals surface area contributed by atoms with Crippen molar-refractivity contribution < 1.29 is 9.59 Å². The van der Waals surface area contributed by atoms with E-state index in [-0.39, 0.29) is 11.6 Å². The van der Waals surface area contributed by atoms with Crippen LogP contribution in [0.1, 0.15) is 38.4 Å². The van der Waals surface area contributed by atoms with Crippen molar-refractivity contribution in [1.29, 1.82) is 0 Å². The quantitative estimate of drug-likeness (QED) is 0.632. The van der Waals surface area contributed by atoms with Gasteiger partial charge in [-0.1, -0.05) is 24.3 Å². The van der Waals surface area contributed by atoms with Gasteiger partial charge in [-0.3, -0.25) is 25.5 Å². The predicted molar refractivity (Wildman–Crippen MR) is 89.5 cm³/mol. The third-order valence-corrected chi connectivity index (χ3v) is 4.34. The summed E-state index contributed by atoms with van der Waals surface area (Å²) in [5, 5.41) is 7.51. The summed E-state index contributed by atoms with van der Waals surface area (Å²) in [5.41, 5.74) is 8.96. The standard InChI is InChI=1S/C18H16N4O2/c23-17(13-9-8-11-4-3-5-12(11)10-13)21-22-18(24)16-14-6-1-2-7-15(14)19-20-16/h1-2,6-10H,3-5H2,(H,19,20)(H,21,23)(H,22,24). The molecule has 3 aromatic rings. The fourth-order valence-electron chi connectivity index (χ4n) is 3.09. The van der Waals surface area contributed by atoms with E-state index in [1.54, 1.807) is 12.1 Å². The number of H-pyrrole nitrogens is 1. The zero-order valence-corrected chi connectivity index (χ0v) is 12.9. The molecule has 2 aromatic carbocycles. The van der Waals surface area contributed by atoms with Gasteiger partial charge in [0.2, 0.25) is 0 Å². The van der Waals surface area contributed by atoms with Gasteiger partial charge in [0.05, 0.1) is 5.52 Å². The molecule has 120 valence electrons. The van der Waals surface area contributed by atoms with Crippen molar-refractivity contribution in [1.82, 2.24) is 21.0 Å². The smallest absolute Gasteiger partial charge is 0.277 e. The van der Waals surface area contributed by atoms with Gasteiger partial charge >= 0.3 is 0 Å². The lowest BCUT2D eigenvalue weighted by molar-refractivity contribution is 0.0844. The lowest BCUT2D eigenvalue weighted by Crippen LogP contribution is -2.41. The lowest BCUT2D eigenvalue weighted by atomic mass is 10.1. The van der Waals surface area contributed by atoms with E-state index < -0.39 is 5.91 Å². The lowest BCUT2D eigenvalue weighted by Gasteiger charge is -2.08. The normalized spacial score (nSPS) is 12.8. The molecule has 4 rings (SSSR count). The number of amides is 2. The van der Waals surface area contributed by atoms with E-state index in [0.29, 0.717) is 10.9 Å². The molecule has 3 N–H and O–H groups in total. The van der Waals surface area contributed by atoms with Crippen molar-refractivity contribution in [2.24, 2.45) is 0 Å². The van der Waals surface area contributed by atoms with E-state index in [1.165, 1.54) is 11.1 Å². The fourth-order valence-corrected chi connectivity index (χ4v) is 3.09. The number of aromatic amines is 1. The van der Waals surface area contributed by atoms with Gasteiger partial charge in [-0.15, -0.1) is 0 Å². The molecule has 1 heterocycles. The third kappa shape index (κ3) is 2.52. The Kier molecular flexibility index (Phi) is 3.49.